The summed E-state index contributed by atoms with van der Waals surface area (Å²) in [6.45, 7) is 1.75. The molecule has 1 amide bonds. The molecule has 0 radical (unpaired) electrons. The van der Waals surface area contributed by atoms with Gasteiger partial charge >= 0.3 is 18.1 Å². The van der Waals surface area contributed by atoms with E-state index in [0.717, 1.165) is 5.56 Å². The number of hydrogen-bond donors (Lipinski definition) is 2. The molecule has 2 rings (SSSR count). The zero-order valence-electron chi connectivity index (χ0n) is 10.5. The quantitative estimate of drug-likeness (QED) is 0.874. The highest BCUT2D eigenvalue weighted by Crippen LogP contribution is 2.37. The number of nitrogens with one attached hydrogen (secondary N) is 1. The maximum Gasteiger partial charge on any atom is 0.471 e. The van der Waals surface area contributed by atoms with Gasteiger partial charge in [-0.25, -0.2) is 0 Å². The zero-order chi connectivity index (χ0) is 15.1. The monoisotopic (exact) mass is 287 g/mol. The Labute approximate surface area is 112 Å². The van der Waals surface area contributed by atoms with E-state index in [0.29, 0.717) is 11.1 Å². The molecule has 4 nitrogen and oxygen atoms in total. The van der Waals surface area contributed by atoms with Crippen LogP contribution in [0, 0.1) is 12.8 Å². The van der Waals surface area contributed by atoms with Crippen LogP contribution >= 0.6 is 0 Å². The van der Waals surface area contributed by atoms with Crippen LogP contribution in [0.2, 0.25) is 0 Å². The standard InChI is InChI=1S/C13H12F3NO3/c1-6-2-3-7-5-9(11(18)19)10(8(7)4-6)17-12(20)13(14,15)16/h2-4,9-10H,5H2,1H3,(H,17,20)(H,18,19)/t9-,10+/m0/s1. The number of carboxylic acid groups (broad SMARTS) is 1. The lowest BCUT2D eigenvalue weighted by Gasteiger charge is -2.20. The van der Waals surface area contributed by atoms with Crippen molar-refractivity contribution in [3.8, 4) is 0 Å². The van der Waals surface area contributed by atoms with E-state index in [4.69, 9.17) is 5.11 Å². The first kappa shape index (κ1) is 14.4. The van der Waals surface area contributed by atoms with Gasteiger partial charge in [0, 0.05) is 0 Å². The summed E-state index contributed by atoms with van der Waals surface area (Å²) in [4.78, 5) is 22.2. The third-order valence-corrected chi connectivity index (χ3v) is 3.34. The number of fused-ring (bicyclic) bond motifs is 1. The van der Waals surface area contributed by atoms with Gasteiger partial charge in [-0.05, 0) is 24.5 Å². The summed E-state index contributed by atoms with van der Waals surface area (Å²) < 4.78 is 37.0. The largest absolute Gasteiger partial charge is 0.481 e. The maximum absolute atomic E-state index is 12.3. The molecule has 0 unspecified atom stereocenters. The van der Waals surface area contributed by atoms with Crippen molar-refractivity contribution in [2.24, 2.45) is 5.92 Å². The van der Waals surface area contributed by atoms with Crippen molar-refractivity contribution < 1.29 is 27.9 Å². The van der Waals surface area contributed by atoms with Crippen LogP contribution in [0.4, 0.5) is 13.2 Å². The number of halogens is 3. The van der Waals surface area contributed by atoms with Crippen molar-refractivity contribution in [1.82, 2.24) is 5.32 Å². The molecule has 1 aliphatic rings. The van der Waals surface area contributed by atoms with Gasteiger partial charge < -0.3 is 10.4 Å². The van der Waals surface area contributed by atoms with Crippen molar-refractivity contribution in [2.75, 3.05) is 0 Å². The maximum atomic E-state index is 12.3. The summed E-state index contributed by atoms with van der Waals surface area (Å²) in [5, 5.41) is 10.9. The summed E-state index contributed by atoms with van der Waals surface area (Å²) in [5.41, 5.74) is 1.88. The minimum absolute atomic E-state index is 0.105. The minimum atomic E-state index is -5.03. The van der Waals surface area contributed by atoms with Crippen LogP contribution in [-0.2, 0) is 16.0 Å². The summed E-state index contributed by atoms with van der Waals surface area (Å²) in [5.74, 6) is -4.44. The third-order valence-electron chi connectivity index (χ3n) is 3.34. The highest BCUT2D eigenvalue weighted by molar-refractivity contribution is 5.83. The molecule has 0 heterocycles. The number of aryl methyl sites for hydroxylation is 1. The number of carbonyl (C=O) groups is 2. The summed E-state index contributed by atoms with van der Waals surface area (Å²) in [7, 11) is 0. The number of carbonyl (C=O) groups excluding carboxylic acids is 1. The van der Waals surface area contributed by atoms with Gasteiger partial charge in [-0.1, -0.05) is 23.8 Å². The fraction of sp³-hybridized carbons (Fsp3) is 0.385. The summed E-state index contributed by atoms with van der Waals surface area (Å²) >= 11 is 0. The van der Waals surface area contributed by atoms with Crippen molar-refractivity contribution in [3.05, 3.63) is 34.9 Å². The zero-order valence-corrected chi connectivity index (χ0v) is 10.5. The third kappa shape index (κ3) is 2.61. The van der Waals surface area contributed by atoms with Crippen LogP contribution < -0.4 is 5.32 Å². The van der Waals surface area contributed by atoms with Gasteiger partial charge in [0.05, 0.1) is 12.0 Å². The van der Waals surface area contributed by atoms with Crippen LogP contribution in [0.5, 0.6) is 0 Å². The molecule has 0 aliphatic heterocycles. The van der Waals surface area contributed by atoms with Crippen molar-refractivity contribution in [2.45, 2.75) is 25.6 Å². The molecule has 1 aromatic carbocycles. The van der Waals surface area contributed by atoms with E-state index >= 15 is 0 Å². The van der Waals surface area contributed by atoms with Gasteiger partial charge in [-0.3, -0.25) is 9.59 Å². The highest BCUT2D eigenvalue weighted by atomic mass is 19.4. The van der Waals surface area contributed by atoms with Gasteiger partial charge in [-0.15, -0.1) is 0 Å². The van der Waals surface area contributed by atoms with Gasteiger partial charge in [0.25, 0.3) is 0 Å². The van der Waals surface area contributed by atoms with Crippen molar-refractivity contribution in [1.29, 1.82) is 0 Å². The van der Waals surface area contributed by atoms with E-state index < -0.39 is 30.0 Å². The Bertz CT molecular complexity index is 568. The van der Waals surface area contributed by atoms with Crippen LogP contribution in [0.25, 0.3) is 0 Å². The van der Waals surface area contributed by atoms with E-state index in [-0.39, 0.29) is 6.42 Å². The number of carboxylic acids is 1. The predicted molar refractivity (Wildman–Crippen MR) is 62.9 cm³/mol. The Kier molecular flexibility index (Phi) is 3.45. The van der Waals surface area contributed by atoms with Crippen LogP contribution in [0.15, 0.2) is 18.2 Å². The van der Waals surface area contributed by atoms with Crippen LogP contribution in [0.1, 0.15) is 22.7 Å². The van der Waals surface area contributed by atoms with Crippen molar-refractivity contribution in [3.63, 3.8) is 0 Å². The van der Waals surface area contributed by atoms with E-state index in [1.165, 1.54) is 0 Å². The van der Waals surface area contributed by atoms with Gasteiger partial charge in [0.2, 0.25) is 0 Å². The molecule has 1 aromatic rings. The van der Waals surface area contributed by atoms with Gasteiger partial charge in [0.1, 0.15) is 0 Å². The summed E-state index contributed by atoms with van der Waals surface area (Å²) in [6.07, 6.45) is -4.93. The van der Waals surface area contributed by atoms with Gasteiger partial charge in [0.15, 0.2) is 0 Å². The number of aliphatic carboxylic acids is 1. The Morgan fingerprint density at radius 3 is 2.55 bits per heavy atom. The lowest BCUT2D eigenvalue weighted by atomic mass is 10.00. The first-order valence-electron chi connectivity index (χ1n) is 5.90. The molecule has 0 fully saturated rings. The Balaban J connectivity index is 2.35. The predicted octanol–water partition coefficient (Wildman–Crippen LogP) is 1.97. The smallest absolute Gasteiger partial charge is 0.471 e. The number of benzene rings is 1. The molecule has 0 saturated heterocycles. The number of alkyl halides is 3. The van der Waals surface area contributed by atoms with E-state index in [1.54, 1.807) is 30.4 Å². The van der Waals surface area contributed by atoms with Gasteiger partial charge in [-0.2, -0.15) is 13.2 Å². The summed E-state index contributed by atoms with van der Waals surface area (Å²) in [6, 6.07) is 3.89. The Morgan fingerprint density at radius 2 is 2.00 bits per heavy atom. The average Bonchev–Trinajstić information content (AvgIpc) is 2.66. The topological polar surface area (TPSA) is 66.4 Å². The molecule has 108 valence electrons. The molecule has 20 heavy (non-hydrogen) atoms. The highest BCUT2D eigenvalue weighted by Gasteiger charge is 2.44. The Hall–Kier alpha value is -2.05. The molecular formula is C13H12F3NO3. The average molecular weight is 287 g/mol. The van der Waals surface area contributed by atoms with Crippen molar-refractivity contribution >= 4 is 11.9 Å². The lowest BCUT2D eigenvalue weighted by Crippen LogP contribution is -2.42. The van der Waals surface area contributed by atoms with E-state index in [2.05, 4.69) is 0 Å². The first-order chi connectivity index (χ1) is 9.20. The second-order valence-corrected chi connectivity index (χ2v) is 4.80. The van der Waals surface area contributed by atoms with E-state index in [1.807, 2.05) is 0 Å². The normalized spacial score (nSPS) is 21.4. The first-order valence-corrected chi connectivity index (χ1v) is 5.90. The molecule has 0 spiro atoms. The number of rotatable bonds is 2. The molecule has 0 bridgehead atoms. The second-order valence-electron chi connectivity index (χ2n) is 4.80. The fourth-order valence-electron chi connectivity index (χ4n) is 2.39. The SMILES string of the molecule is Cc1ccc2c(c1)[C@@H](NC(=O)C(F)(F)F)[C@@H](C(=O)O)C2. The number of amides is 1. The molecule has 2 atom stereocenters. The Morgan fingerprint density at radius 1 is 1.35 bits per heavy atom. The fourth-order valence-corrected chi connectivity index (χ4v) is 2.39. The molecule has 1 aliphatic carbocycles. The molecule has 7 heteroatoms. The molecule has 0 aromatic heterocycles. The molecule has 2 N–H and O–H groups in total. The number of hydrogen-bond acceptors (Lipinski definition) is 2. The minimum Gasteiger partial charge on any atom is -0.481 e. The molecular weight excluding hydrogens is 275 g/mol. The molecule has 0 saturated carbocycles. The lowest BCUT2D eigenvalue weighted by molar-refractivity contribution is -0.175. The second kappa shape index (κ2) is 4.81. The van der Waals surface area contributed by atoms with E-state index in [9.17, 15) is 22.8 Å². The van der Waals surface area contributed by atoms with Crippen LogP contribution in [-0.4, -0.2) is 23.2 Å². The van der Waals surface area contributed by atoms with Crippen LogP contribution in [0.3, 0.4) is 0 Å².